The van der Waals surface area contributed by atoms with Gasteiger partial charge in [-0.25, -0.2) is 4.98 Å². The number of carbonyl (C=O) groups excluding carboxylic acids is 1. The monoisotopic (exact) mass is 331 g/mol. The lowest BCUT2D eigenvalue weighted by molar-refractivity contribution is 0.0934. The number of aliphatic hydroxyl groups is 1. The molecule has 0 saturated carbocycles. The fraction of sp³-hybridized carbons (Fsp3) is 0.444. The van der Waals surface area contributed by atoms with Crippen molar-refractivity contribution >= 4 is 5.91 Å². The molecule has 0 aliphatic heterocycles. The van der Waals surface area contributed by atoms with E-state index in [1.54, 1.807) is 14.0 Å². The number of aromatic nitrogens is 2. The van der Waals surface area contributed by atoms with E-state index in [2.05, 4.69) is 15.3 Å². The number of rotatable bonds is 7. The number of H-pyrrole nitrogens is 1. The van der Waals surface area contributed by atoms with Gasteiger partial charge in [0.2, 0.25) is 0 Å². The third kappa shape index (κ3) is 4.58. The minimum Gasteiger partial charge on any atom is -0.497 e. The predicted molar refractivity (Wildman–Crippen MR) is 93.1 cm³/mol. The number of amides is 1. The molecule has 0 spiro atoms. The second-order valence-corrected chi connectivity index (χ2v) is 6.19. The lowest BCUT2D eigenvalue weighted by atomic mass is 10.0. The average molecular weight is 331 g/mol. The molecule has 1 amide bonds. The summed E-state index contributed by atoms with van der Waals surface area (Å²) in [5.74, 6) is 1.36. The van der Waals surface area contributed by atoms with Gasteiger partial charge < -0.3 is 20.1 Å². The van der Waals surface area contributed by atoms with Gasteiger partial charge in [-0.2, -0.15) is 0 Å². The SMILES string of the molecule is COc1cccc(-c2nc(C(=O)NCC(C)CC(C)O)c(C)[nH]2)c1. The number of hydrogen-bond donors (Lipinski definition) is 3. The van der Waals surface area contributed by atoms with Crippen LogP contribution in [-0.2, 0) is 0 Å². The molecular formula is C18H25N3O3. The minimum atomic E-state index is -0.372. The highest BCUT2D eigenvalue weighted by Crippen LogP contribution is 2.22. The van der Waals surface area contributed by atoms with Crippen molar-refractivity contribution in [3.05, 3.63) is 35.7 Å². The molecule has 0 saturated heterocycles. The summed E-state index contributed by atoms with van der Waals surface area (Å²) in [7, 11) is 1.61. The highest BCUT2D eigenvalue weighted by atomic mass is 16.5. The average Bonchev–Trinajstić information content (AvgIpc) is 2.94. The lowest BCUT2D eigenvalue weighted by Gasteiger charge is -2.13. The van der Waals surface area contributed by atoms with Crippen LogP contribution in [0.25, 0.3) is 11.4 Å². The van der Waals surface area contributed by atoms with Crippen LogP contribution in [0.15, 0.2) is 24.3 Å². The van der Waals surface area contributed by atoms with E-state index in [0.29, 0.717) is 30.2 Å². The molecule has 2 aromatic rings. The summed E-state index contributed by atoms with van der Waals surface area (Å²) in [6.07, 6.45) is 0.276. The number of nitrogens with one attached hydrogen (secondary N) is 2. The number of ether oxygens (including phenoxy) is 1. The molecular weight excluding hydrogens is 306 g/mol. The van der Waals surface area contributed by atoms with E-state index in [0.717, 1.165) is 11.3 Å². The normalized spacial score (nSPS) is 13.4. The first kappa shape index (κ1) is 18.0. The number of aromatic amines is 1. The molecule has 0 aliphatic rings. The fourth-order valence-corrected chi connectivity index (χ4v) is 2.60. The van der Waals surface area contributed by atoms with E-state index in [-0.39, 0.29) is 17.9 Å². The summed E-state index contributed by atoms with van der Waals surface area (Å²) in [5.41, 5.74) is 1.96. The Hall–Kier alpha value is -2.34. The first-order valence-electron chi connectivity index (χ1n) is 8.08. The molecule has 1 aromatic heterocycles. The largest absolute Gasteiger partial charge is 0.497 e. The van der Waals surface area contributed by atoms with E-state index in [9.17, 15) is 9.90 Å². The van der Waals surface area contributed by atoms with Crippen molar-refractivity contribution in [1.29, 1.82) is 0 Å². The maximum absolute atomic E-state index is 12.3. The van der Waals surface area contributed by atoms with E-state index in [4.69, 9.17) is 4.74 Å². The molecule has 24 heavy (non-hydrogen) atoms. The van der Waals surface area contributed by atoms with Gasteiger partial charge in [0, 0.05) is 17.8 Å². The van der Waals surface area contributed by atoms with Crippen LogP contribution in [0.3, 0.4) is 0 Å². The zero-order chi connectivity index (χ0) is 17.7. The van der Waals surface area contributed by atoms with Crippen LogP contribution in [0.5, 0.6) is 5.75 Å². The van der Waals surface area contributed by atoms with Crippen LogP contribution in [0.2, 0.25) is 0 Å². The number of benzene rings is 1. The van der Waals surface area contributed by atoms with Crippen molar-refractivity contribution in [3.63, 3.8) is 0 Å². The summed E-state index contributed by atoms with van der Waals surface area (Å²) in [4.78, 5) is 19.9. The molecule has 3 N–H and O–H groups in total. The molecule has 0 radical (unpaired) electrons. The number of hydrogen-bond acceptors (Lipinski definition) is 4. The van der Waals surface area contributed by atoms with Crippen LogP contribution < -0.4 is 10.1 Å². The summed E-state index contributed by atoms with van der Waals surface area (Å²) < 4.78 is 5.22. The van der Waals surface area contributed by atoms with Crippen molar-refractivity contribution in [1.82, 2.24) is 15.3 Å². The molecule has 1 heterocycles. The van der Waals surface area contributed by atoms with Gasteiger partial charge >= 0.3 is 0 Å². The van der Waals surface area contributed by atoms with E-state index < -0.39 is 0 Å². The van der Waals surface area contributed by atoms with Gasteiger partial charge in [0.05, 0.1) is 13.2 Å². The second-order valence-electron chi connectivity index (χ2n) is 6.19. The topological polar surface area (TPSA) is 87.2 Å². The van der Waals surface area contributed by atoms with Crippen molar-refractivity contribution < 1.29 is 14.6 Å². The number of carbonyl (C=O) groups is 1. The predicted octanol–water partition coefficient (Wildman–Crippen LogP) is 2.53. The van der Waals surface area contributed by atoms with Gasteiger partial charge in [-0.05, 0) is 38.3 Å². The molecule has 0 bridgehead atoms. The number of imidazole rings is 1. The smallest absolute Gasteiger partial charge is 0.271 e. The van der Waals surface area contributed by atoms with Gasteiger partial charge in [0.1, 0.15) is 17.3 Å². The zero-order valence-electron chi connectivity index (χ0n) is 14.6. The van der Waals surface area contributed by atoms with E-state index in [1.165, 1.54) is 0 Å². The van der Waals surface area contributed by atoms with Gasteiger partial charge in [0.15, 0.2) is 0 Å². The van der Waals surface area contributed by atoms with Gasteiger partial charge in [-0.1, -0.05) is 19.1 Å². The number of methoxy groups -OCH3 is 1. The van der Waals surface area contributed by atoms with Crippen molar-refractivity contribution in [2.45, 2.75) is 33.3 Å². The Morgan fingerprint density at radius 3 is 2.83 bits per heavy atom. The molecule has 1 aromatic carbocycles. The Kier molecular flexibility index (Phi) is 5.98. The Bertz CT molecular complexity index is 695. The molecule has 130 valence electrons. The molecule has 0 fully saturated rings. The number of aliphatic hydroxyl groups excluding tert-OH is 1. The number of nitrogens with zero attached hydrogens (tertiary/aromatic N) is 1. The quantitative estimate of drug-likeness (QED) is 0.727. The Balaban J connectivity index is 2.09. The van der Waals surface area contributed by atoms with Crippen molar-refractivity contribution in [2.75, 3.05) is 13.7 Å². The Morgan fingerprint density at radius 1 is 1.42 bits per heavy atom. The van der Waals surface area contributed by atoms with Gasteiger partial charge in [-0.3, -0.25) is 4.79 Å². The first-order valence-corrected chi connectivity index (χ1v) is 8.08. The molecule has 2 rings (SSSR count). The van der Waals surface area contributed by atoms with Crippen LogP contribution in [0.4, 0.5) is 0 Å². The third-order valence-corrected chi connectivity index (χ3v) is 3.80. The maximum Gasteiger partial charge on any atom is 0.271 e. The van der Waals surface area contributed by atoms with Gasteiger partial charge in [-0.15, -0.1) is 0 Å². The standard InChI is InChI=1S/C18H25N3O3/c1-11(8-12(2)22)10-19-18(23)16-13(3)20-17(21-16)14-6-5-7-15(9-14)24-4/h5-7,9,11-12,22H,8,10H2,1-4H3,(H,19,23)(H,20,21). The lowest BCUT2D eigenvalue weighted by Crippen LogP contribution is -2.30. The Labute approximate surface area is 142 Å². The molecule has 6 nitrogen and oxygen atoms in total. The summed E-state index contributed by atoms with van der Waals surface area (Å²) in [6, 6.07) is 7.51. The van der Waals surface area contributed by atoms with Crippen LogP contribution >= 0.6 is 0 Å². The highest BCUT2D eigenvalue weighted by Gasteiger charge is 2.17. The van der Waals surface area contributed by atoms with Crippen LogP contribution in [0.1, 0.15) is 36.5 Å². The van der Waals surface area contributed by atoms with E-state index >= 15 is 0 Å². The van der Waals surface area contributed by atoms with Crippen molar-refractivity contribution in [3.8, 4) is 17.1 Å². The zero-order valence-corrected chi connectivity index (χ0v) is 14.6. The maximum atomic E-state index is 12.3. The first-order chi connectivity index (χ1) is 11.4. The third-order valence-electron chi connectivity index (χ3n) is 3.80. The summed E-state index contributed by atoms with van der Waals surface area (Å²) >= 11 is 0. The number of aryl methyl sites for hydroxylation is 1. The Morgan fingerprint density at radius 2 is 2.17 bits per heavy atom. The summed E-state index contributed by atoms with van der Waals surface area (Å²) in [5, 5.41) is 12.3. The molecule has 0 aliphatic carbocycles. The molecule has 2 atom stereocenters. The van der Waals surface area contributed by atoms with Crippen LogP contribution in [0, 0.1) is 12.8 Å². The van der Waals surface area contributed by atoms with Gasteiger partial charge in [0.25, 0.3) is 5.91 Å². The minimum absolute atomic E-state index is 0.200. The molecule has 2 unspecified atom stereocenters. The highest BCUT2D eigenvalue weighted by molar-refractivity contribution is 5.94. The van der Waals surface area contributed by atoms with Crippen molar-refractivity contribution in [2.24, 2.45) is 5.92 Å². The summed E-state index contributed by atoms with van der Waals surface area (Å²) in [6.45, 7) is 6.07. The molecule has 6 heteroatoms. The van der Waals surface area contributed by atoms with Crippen LogP contribution in [-0.4, -0.2) is 40.7 Å². The fourth-order valence-electron chi connectivity index (χ4n) is 2.60. The second kappa shape index (κ2) is 7.97. The van der Waals surface area contributed by atoms with E-state index in [1.807, 2.05) is 38.1 Å².